The molecule has 2 fully saturated rings. The number of hydrogen-bond donors (Lipinski definition) is 1. The molecule has 0 saturated heterocycles. The van der Waals surface area contributed by atoms with E-state index < -0.39 is 0 Å². The highest BCUT2D eigenvalue weighted by atomic mass is 16.5. The van der Waals surface area contributed by atoms with Gasteiger partial charge >= 0.3 is 0 Å². The average Bonchev–Trinajstić information content (AvgIpc) is 3.27. The Kier molecular flexibility index (Phi) is 3.21. The molecule has 3 unspecified atom stereocenters. The zero-order valence-electron chi connectivity index (χ0n) is 11.6. The fraction of sp³-hybridized carbons (Fsp3) is 0.812. The van der Waals surface area contributed by atoms with Crippen LogP contribution in [0.15, 0.2) is 12.0 Å². The Morgan fingerprint density at radius 1 is 1.56 bits per heavy atom. The molecule has 1 N–H and O–H groups in total. The summed E-state index contributed by atoms with van der Waals surface area (Å²) in [5.74, 6) is 3.74. The first-order chi connectivity index (χ1) is 8.75. The molecule has 0 aromatic rings. The summed E-state index contributed by atoms with van der Waals surface area (Å²) in [6, 6.07) is 0. The Hall–Kier alpha value is -0.790. The number of ether oxygens (including phenoxy) is 1. The number of nitrogens with one attached hydrogen (secondary N) is 1. The molecule has 0 bridgehead atoms. The zero-order chi connectivity index (χ0) is 12.6. The Morgan fingerprint density at radius 3 is 3.06 bits per heavy atom. The quantitative estimate of drug-likeness (QED) is 0.752. The molecule has 1 heterocycles. The third-order valence-corrected chi connectivity index (χ3v) is 5.33. The van der Waals surface area contributed by atoms with Crippen LogP contribution in [-0.2, 0) is 4.74 Å². The summed E-state index contributed by atoms with van der Waals surface area (Å²) in [6.45, 7) is 8.11. The van der Waals surface area contributed by atoms with E-state index in [9.17, 15) is 0 Å². The Morgan fingerprint density at radius 2 is 2.39 bits per heavy atom. The zero-order valence-corrected chi connectivity index (χ0v) is 11.6. The maximum Gasteiger partial charge on any atom is 0.182 e. The summed E-state index contributed by atoms with van der Waals surface area (Å²) >= 11 is 0. The minimum absolute atomic E-state index is 0.727. The summed E-state index contributed by atoms with van der Waals surface area (Å²) in [5, 5.41) is 3.49. The molecule has 3 atom stereocenters. The maximum atomic E-state index is 5.66. The predicted molar refractivity (Wildman–Crippen MR) is 73.7 cm³/mol. The third kappa shape index (κ3) is 2.34. The van der Waals surface area contributed by atoms with Crippen molar-refractivity contribution in [2.75, 3.05) is 13.2 Å². The predicted octanol–water partition coefficient (Wildman–Crippen LogP) is 3.50. The lowest BCUT2D eigenvalue weighted by Crippen LogP contribution is -2.27. The summed E-state index contributed by atoms with van der Waals surface area (Å²) in [6.07, 6.45) is 10.1. The molecular weight excluding hydrogens is 222 g/mol. The van der Waals surface area contributed by atoms with Gasteiger partial charge < -0.3 is 10.1 Å². The number of rotatable bonds is 5. The molecule has 0 aromatic carbocycles. The van der Waals surface area contributed by atoms with E-state index in [1.54, 1.807) is 0 Å². The van der Waals surface area contributed by atoms with Gasteiger partial charge in [0.1, 0.15) is 13.0 Å². The maximum absolute atomic E-state index is 5.66. The molecule has 0 aromatic heterocycles. The van der Waals surface area contributed by atoms with Gasteiger partial charge in [0, 0.05) is 6.54 Å². The molecule has 1 spiro atoms. The molecule has 18 heavy (non-hydrogen) atoms. The van der Waals surface area contributed by atoms with Gasteiger partial charge in [0.25, 0.3) is 0 Å². The minimum atomic E-state index is 0.727. The molecule has 0 radical (unpaired) electrons. The highest BCUT2D eigenvalue weighted by Crippen LogP contribution is 2.73. The first-order valence-electron chi connectivity index (χ1n) is 7.61. The summed E-state index contributed by atoms with van der Waals surface area (Å²) < 4.78 is 5.66. The van der Waals surface area contributed by atoms with Gasteiger partial charge in [-0.3, -0.25) is 0 Å². The summed E-state index contributed by atoms with van der Waals surface area (Å²) in [7, 11) is 0. The lowest BCUT2D eigenvalue weighted by Gasteiger charge is -2.23. The van der Waals surface area contributed by atoms with Crippen molar-refractivity contribution in [3.05, 3.63) is 18.9 Å². The van der Waals surface area contributed by atoms with E-state index in [0.717, 1.165) is 55.0 Å². The van der Waals surface area contributed by atoms with E-state index in [0.29, 0.717) is 0 Å². The van der Waals surface area contributed by atoms with Crippen molar-refractivity contribution in [1.82, 2.24) is 5.32 Å². The normalized spacial score (nSPS) is 34.2. The van der Waals surface area contributed by atoms with Crippen LogP contribution in [0.5, 0.6) is 0 Å². The highest BCUT2D eigenvalue weighted by Gasteiger charge is 2.64. The lowest BCUT2D eigenvalue weighted by molar-refractivity contribution is 0.188. The van der Waals surface area contributed by atoms with Crippen molar-refractivity contribution >= 4 is 0 Å². The van der Waals surface area contributed by atoms with E-state index in [2.05, 4.69) is 25.2 Å². The van der Waals surface area contributed by atoms with E-state index >= 15 is 0 Å². The molecule has 2 aliphatic carbocycles. The molecule has 1 aliphatic heterocycles. The second kappa shape index (κ2) is 4.71. The number of hydrogen-bond acceptors (Lipinski definition) is 2. The van der Waals surface area contributed by atoms with Crippen LogP contribution in [0.2, 0.25) is 0 Å². The number of allylic oxidation sites excluding steroid dienone is 1. The first kappa shape index (κ1) is 12.3. The minimum Gasteiger partial charge on any atom is -0.475 e. The van der Waals surface area contributed by atoms with Gasteiger partial charge in [0.2, 0.25) is 0 Å². The average molecular weight is 248 g/mol. The fourth-order valence-electron chi connectivity index (χ4n) is 3.76. The van der Waals surface area contributed by atoms with Gasteiger partial charge in [0.05, 0.1) is 6.92 Å². The Labute approximate surface area is 111 Å². The summed E-state index contributed by atoms with van der Waals surface area (Å²) in [5.41, 5.74) is 0.840. The molecule has 0 amide bonds. The van der Waals surface area contributed by atoms with E-state index in [1.807, 2.05) is 0 Å². The van der Waals surface area contributed by atoms with Crippen LogP contribution in [0, 0.1) is 30.1 Å². The second-order valence-electron chi connectivity index (χ2n) is 6.52. The van der Waals surface area contributed by atoms with Gasteiger partial charge in [-0.1, -0.05) is 6.92 Å². The highest BCUT2D eigenvalue weighted by molar-refractivity contribution is 5.14. The Balaban J connectivity index is 1.48. The van der Waals surface area contributed by atoms with Crippen molar-refractivity contribution in [2.45, 2.75) is 45.4 Å². The molecule has 3 rings (SSSR count). The summed E-state index contributed by atoms with van der Waals surface area (Å²) in [4.78, 5) is 0. The van der Waals surface area contributed by atoms with Gasteiger partial charge in [-0.2, -0.15) is 0 Å². The molecule has 3 aliphatic rings. The van der Waals surface area contributed by atoms with Crippen molar-refractivity contribution in [1.29, 1.82) is 0 Å². The third-order valence-electron chi connectivity index (χ3n) is 5.33. The first-order valence-corrected chi connectivity index (χ1v) is 7.61. The van der Waals surface area contributed by atoms with Crippen LogP contribution >= 0.6 is 0 Å². The SMILES string of the molecule is [CH2+]CCOC1=CCCC(C(C)C2CC23CC3)CN1. The van der Waals surface area contributed by atoms with Crippen molar-refractivity contribution in [2.24, 2.45) is 23.2 Å². The van der Waals surface area contributed by atoms with Crippen LogP contribution in [0.3, 0.4) is 0 Å². The van der Waals surface area contributed by atoms with E-state index in [4.69, 9.17) is 4.74 Å². The fourth-order valence-corrected chi connectivity index (χ4v) is 3.76. The molecule has 2 nitrogen and oxygen atoms in total. The lowest BCUT2D eigenvalue weighted by atomic mass is 9.85. The van der Waals surface area contributed by atoms with Gasteiger partial charge in [-0.05, 0) is 61.3 Å². The second-order valence-corrected chi connectivity index (χ2v) is 6.52. The van der Waals surface area contributed by atoms with Crippen LogP contribution < -0.4 is 5.32 Å². The topological polar surface area (TPSA) is 21.3 Å². The van der Waals surface area contributed by atoms with Gasteiger partial charge in [0.15, 0.2) is 5.88 Å². The largest absolute Gasteiger partial charge is 0.475 e. The van der Waals surface area contributed by atoms with Crippen LogP contribution in [0.4, 0.5) is 0 Å². The monoisotopic (exact) mass is 248 g/mol. The van der Waals surface area contributed by atoms with E-state index in [1.165, 1.54) is 25.7 Å². The van der Waals surface area contributed by atoms with Crippen LogP contribution in [0.1, 0.15) is 45.4 Å². The standard InChI is InChI=1S/C16H26NO/c1-3-9-18-15-6-4-5-13(11-17-15)12(2)14-10-16(14)7-8-16/h6,12-14,17H,1,3-5,7-11H2,2H3/q+1. The van der Waals surface area contributed by atoms with Crippen molar-refractivity contribution in [3.8, 4) is 0 Å². The molecule has 100 valence electrons. The van der Waals surface area contributed by atoms with Crippen molar-refractivity contribution < 1.29 is 4.74 Å². The van der Waals surface area contributed by atoms with E-state index in [-0.39, 0.29) is 0 Å². The smallest absolute Gasteiger partial charge is 0.182 e. The van der Waals surface area contributed by atoms with Gasteiger partial charge in [-0.25, -0.2) is 0 Å². The van der Waals surface area contributed by atoms with Crippen LogP contribution in [-0.4, -0.2) is 13.2 Å². The Bertz CT molecular complexity index is 332. The molecular formula is C16H26NO+. The molecule has 2 saturated carbocycles. The van der Waals surface area contributed by atoms with Crippen molar-refractivity contribution in [3.63, 3.8) is 0 Å². The molecule has 2 heteroatoms. The van der Waals surface area contributed by atoms with Gasteiger partial charge in [-0.15, -0.1) is 0 Å². The van der Waals surface area contributed by atoms with Crippen LogP contribution in [0.25, 0.3) is 0 Å².